The van der Waals surface area contributed by atoms with Crippen LogP contribution < -0.4 is 4.74 Å². The van der Waals surface area contributed by atoms with Gasteiger partial charge in [-0.2, -0.15) is 0 Å². The Morgan fingerprint density at radius 3 is 2.58 bits per heavy atom. The van der Waals surface area contributed by atoms with Crippen LogP contribution >= 0.6 is 0 Å². The summed E-state index contributed by atoms with van der Waals surface area (Å²) >= 11 is 0. The Balaban J connectivity index is 1.97. The highest BCUT2D eigenvalue weighted by molar-refractivity contribution is 5.78. The Labute approximate surface area is 153 Å². The van der Waals surface area contributed by atoms with E-state index in [1.165, 1.54) is 0 Å². The minimum absolute atomic E-state index is 0.0911. The third-order valence-electron chi connectivity index (χ3n) is 3.72. The molecule has 0 radical (unpaired) electrons. The van der Waals surface area contributed by atoms with Crippen molar-refractivity contribution in [3.05, 3.63) is 59.9 Å². The molecule has 26 heavy (non-hydrogen) atoms. The van der Waals surface area contributed by atoms with E-state index in [0.29, 0.717) is 18.9 Å². The van der Waals surface area contributed by atoms with Gasteiger partial charge in [0, 0.05) is 25.5 Å². The quantitative estimate of drug-likeness (QED) is 0.646. The molecule has 0 N–H and O–H groups in total. The average Bonchev–Trinajstić information content (AvgIpc) is 2.65. The summed E-state index contributed by atoms with van der Waals surface area (Å²) in [5.41, 5.74) is 2.01. The number of hydrogen-bond donors (Lipinski definition) is 0. The van der Waals surface area contributed by atoms with Crippen molar-refractivity contribution in [3.63, 3.8) is 0 Å². The van der Waals surface area contributed by atoms with Crippen LogP contribution in [0.5, 0.6) is 5.75 Å². The van der Waals surface area contributed by atoms with Crippen LogP contribution in [0.4, 0.5) is 0 Å². The highest BCUT2D eigenvalue weighted by Gasteiger charge is 2.17. The lowest BCUT2D eigenvalue weighted by Crippen LogP contribution is -2.36. The van der Waals surface area contributed by atoms with Gasteiger partial charge in [-0.25, -0.2) is 0 Å². The zero-order valence-electron chi connectivity index (χ0n) is 15.2. The number of amides is 1. The summed E-state index contributed by atoms with van der Waals surface area (Å²) in [7, 11) is 0. The number of nitrogens with zero attached hydrogens (tertiary/aromatic N) is 2. The predicted octanol–water partition coefficient (Wildman–Crippen LogP) is 2.75. The summed E-state index contributed by atoms with van der Waals surface area (Å²) in [6, 6.07) is 11.2. The average molecular weight is 356 g/mol. The van der Waals surface area contributed by atoms with Gasteiger partial charge in [-0.1, -0.05) is 23.8 Å². The maximum absolute atomic E-state index is 12.6. The maximum atomic E-state index is 12.6. The predicted molar refractivity (Wildman–Crippen MR) is 97.6 cm³/mol. The molecule has 0 atom stereocenters. The highest BCUT2D eigenvalue weighted by atomic mass is 16.5. The lowest BCUT2D eigenvalue weighted by Gasteiger charge is -2.22. The van der Waals surface area contributed by atoms with Crippen LogP contribution in [0.15, 0.2) is 48.8 Å². The molecule has 0 bridgehead atoms. The lowest BCUT2D eigenvalue weighted by atomic mass is 10.2. The third kappa shape index (κ3) is 6.55. The molecule has 0 spiro atoms. The molecule has 6 nitrogen and oxygen atoms in total. The molecule has 1 aromatic carbocycles. The van der Waals surface area contributed by atoms with Gasteiger partial charge in [-0.05, 0) is 37.6 Å². The Morgan fingerprint density at radius 1 is 1.15 bits per heavy atom. The van der Waals surface area contributed by atoms with Gasteiger partial charge in [0.15, 0.2) is 6.61 Å². The van der Waals surface area contributed by atoms with Crippen LogP contribution in [0.3, 0.4) is 0 Å². The number of hydrogen-bond acceptors (Lipinski definition) is 5. The molecule has 1 amide bonds. The van der Waals surface area contributed by atoms with Gasteiger partial charge in [-0.3, -0.25) is 14.6 Å². The van der Waals surface area contributed by atoms with Gasteiger partial charge in [0.2, 0.25) is 0 Å². The summed E-state index contributed by atoms with van der Waals surface area (Å²) in [6.45, 7) is 4.61. The summed E-state index contributed by atoms with van der Waals surface area (Å²) in [4.78, 5) is 29.9. The largest absolute Gasteiger partial charge is 0.484 e. The summed E-state index contributed by atoms with van der Waals surface area (Å²) in [5, 5.41) is 0. The number of pyridine rings is 1. The fourth-order valence-corrected chi connectivity index (χ4v) is 2.33. The second-order valence-electron chi connectivity index (χ2n) is 5.83. The fraction of sp³-hybridized carbons (Fsp3) is 0.350. The summed E-state index contributed by atoms with van der Waals surface area (Å²) < 4.78 is 10.5. The van der Waals surface area contributed by atoms with E-state index in [9.17, 15) is 9.59 Å². The standard InChI is InChI=1S/C20H24N2O4/c1-3-25-20(24)10-12-22(14-17-5-4-11-21-13-17)19(23)15-26-18-8-6-16(2)7-9-18/h4-9,11,13H,3,10,12,14-15H2,1-2H3. The molecule has 1 aromatic heterocycles. The number of rotatable bonds is 9. The van der Waals surface area contributed by atoms with Crippen LogP contribution in [0, 0.1) is 6.92 Å². The molecule has 2 rings (SSSR count). The van der Waals surface area contributed by atoms with Gasteiger partial charge in [0.1, 0.15) is 5.75 Å². The van der Waals surface area contributed by atoms with Crippen molar-refractivity contribution in [3.8, 4) is 5.75 Å². The first kappa shape index (κ1) is 19.4. The normalized spacial score (nSPS) is 10.2. The van der Waals surface area contributed by atoms with Gasteiger partial charge in [0.05, 0.1) is 13.0 Å². The first-order valence-electron chi connectivity index (χ1n) is 8.60. The smallest absolute Gasteiger partial charge is 0.307 e. The van der Waals surface area contributed by atoms with Gasteiger partial charge < -0.3 is 14.4 Å². The SMILES string of the molecule is CCOC(=O)CCN(Cc1cccnc1)C(=O)COc1ccc(C)cc1. The molecule has 2 aromatic rings. The van der Waals surface area contributed by atoms with Crippen molar-refractivity contribution in [2.45, 2.75) is 26.8 Å². The fourth-order valence-electron chi connectivity index (χ4n) is 2.33. The van der Waals surface area contributed by atoms with E-state index in [1.807, 2.05) is 43.3 Å². The Kier molecular flexibility index (Phi) is 7.61. The first-order valence-corrected chi connectivity index (χ1v) is 8.60. The van der Waals surface area contributed by atoms with Crippen LogP contribution in [-0.2, 0) is 20.9 Å². The summed E-state index contributed by atoms with van der Waals surface area (Å²) in [6.07, 6.45) is 3.52. The van der Waals surface area contributed by atoms with Gasteiger partial charge in [0.25, 0.3) is 5.91 Å². The number of aromatic nitrogens is 1. The van der Waals surface area contributed by atoms with Crippen molar-refractivity contribution < 1.29 is 19.1 Å². The zero-order valence-corrected chi connectivity index (χ0v) is 15.2. The van der Waals surface area contributed by atoms with E-state index in [4.69, 9.17) is 9.47 Å². The van der Waals surface area contributed by atoms with E-state index in [2.05, 4.69) is 4.98 Å². The Morgan fingerprint density at radius 2 is 1.92 bits per heavy atom. The maximum Gasteiger partial charge on any atom is 0.307 e. The molecule has 0 aliphatic carbocycles. The van der Waals surface area contributed by atoms with Crippen LogP contribution in [-0.4, -0.2) is 41.5 Å². The first-order chi connectivity index (χ1) is 12.6. The molecule has 0 saturated carbocycles. The zero-order chi connectivity index (χ0) is 18.8. The molecule has 138 valence electrons. The van der Waals surface area contributed by atoms with Crippen molar-refractivity contribution in [1.29, 1.82) is 0 Å². The molecule has 0 saturated heterocycles. The molecule has 0 unspecified atom stereocenters. The lowest BCUT2D eigenvalue weighted by molar-refractivity contribution is -0.144. The molecular formula is C20H24N2O4. The number of carbonyl (C=O) groups is 2. The van der Waals surface area contributed by atoms with Crippen LogP contribution in [0.1, 0.15) is 24.5 Å². The monoisotopic (exact) mass is 356 g/mol. The number of carbonyl (C=O) groups excluding carboxylic acids is 2. The minimum Gasteiger partial charge on any atom is -0.484 e. The van der Waals surface area contributed by atoms with E-state index in [-0.39, 0.29) is 31.4 Å². The number of esters is 1. The second-order valence-corrected chi connectivity index (χ2v) is 5.83. The molecular weight excluding hydrogens is 332 g/mol. The minimum atomic E-state index is -0.323. The van der Waals surface area contributed by atoms with Crippen molar-refractivity contribution in [1.82, 2.24) is 9.88 Å². The van der Waals surface area contributed by atoms with E-state index < -0.39 is 0 Å². The van der Waals surface area contributed by atoms with E-state index in [1.54, 1.807) is 24.2 Å². The highest BCUT2D eigenvalue weighted by Crippen LogP contribution is 2.12. The number of ether oxygens (including phenoxy) is 2. The second kappa shape index (κ2) is 10.2. The Hall–Kier alpha value is -2.89. The number of aryl methyl sites for hydroxylation is 1. The number of benzene rings is 1. The molecule has 0 aliphatic heterocycles. The Bertz CT molecular complexity index is 702. The summed E-state index contributed by atoms with van der Waals surface area (Å²) in [5.74, 6) is 0.116. The molecule has 1 heterocycles. The molecule has 0 fully saturated rings. The van der Waals surface area contributed by atoms with Gasteiger partial charge in [-0.15, -0.1) is 0 Å². The topological polar surface area (TPSA) is 68.7 Å². The molecule has 6 heteroatoms. The van der Waals surface area contributed by atoms with Crippen LogP contribution in [0.25, 0.3) is 0 Å². The van der Waals surface area contributed by atoms with Gasteiger partial charge >= 0.3 is 5.97 Å². The third-order valence-corrected chi connectivity index (χ3v) is 3.72. The van der Waals surface area contributed by atoms with Crippen molar-refractivity contribution >= 4 is 11.9 Å². The van der Waals surface area contributed by atoms with E-state index in [0.717, 1.165) is 11.1 Å². The van der Waals surface area contributed by atoms with Crippen molar-refractivity contribution in [2.24, 2.45) is 0 Å². The van der Waals surface area contributed by atoms with E-state index >= 15 is 0 Å². The molecule has 0 aliphatic rings. The van der Waals surface area contributed by atoms with Crippen molar-refractivity contribution in [2.75, 3.05) is 19.8 Å². The van der Waals surface area contributed by atoms with Crippen LogP contribution in [0.2, 0.25) is 0 Å².